The molecule has 29 heavy (non-hydrogen) atoms. The summed E-state index contributed by atoms with van der Waals surface area (Å²) in [6, 6.07) is 28.2. The summed E-state index contributed by atoms with van der Waals surface area (Å²) in [5, 5.41) is 10.0. The zero-order valence-electron chi connectivity index (χ0n) is 15.8. The minimum absolute atomic E-state index is 0. The van der Waals surface area contributed by atoms with E-state index in [0.29, 0.717) is 0 Å². The second-order valence-electron chi connectivity index (χ2n) is 6.09. The van der Waals surface area contributed by atoms with Crippen LogP contribution < -0.4 is 27.1 Å². The molecule has 6 heteroatoms. The van der Waals surface area contributed by atoms with E-state index in [1.54, 1.807) is 18.4 Å². The first kappa shape index (κ1) is 20.6. The van der Waals surface area contributed by atoms with Gasteiger partial charge in [-0.05, 0) is 51.9 Å². The quantitative estimate of drug-likeness (QED) is 0.486. The number of para-hydroxylation sites is 2. The van der Waals surface area contributed by atoms with E-state index in [0.717, 1.165) is 32.8 Å². The molecular formula is C23H20ClN3OS. The molecule has 0 atom stereocenters. The average molecular weight is 422 g/mol. The van der Waals surface area contributed by atoms with Gasteiger partial charge in [-0.15, -0.1) is 0 Å². The molecule has 0 spiro atoms. The third-order valence-electron chi connectivity index (χ3n) is 4.16. The van der Waals surface area contributed by atoms with Gasteiger partial charge in [-0.25, -0.2) is 0 Å². The third kappa shape index (κ3) is 5.22. The van der Waals surface area contributed by atoms with E-state index < -0.39 is 0 Å². The van der Waals surface area contributed by atoms with Crippen molar-refractivity contribution in [1.29, 1.82) is 0 Å². The van der Waals surface area contributed by atoms with Crippen molar-refractivity contribution in [2.24, 2.45) is 0 Å². The molecule has 0 aliphatic rings. The summed E-state index contributed by atoms with van der Waals surface area (Å²) in [6.07, 6.45) is 4.17. The van der Waals surface area contributed by atoms with Crippen LogP contribution in [0.3, 0.4) is 0 Å². The average Bonchev–Trinajstić information content (AvgIpc) is 3.16. The van der Waals surface area contributed by atoms with Crippen molar-refractivity contribution in [2.45, 2.75) is 0 Å². The first-order valence-electron chi connectivity index (χ1n) is 8.94. The number of aromatic nitrogens is 2. The van der Waals surface area contributed by atoms with E-state index in [1.807, 2.05) is 77.5 Å². The van der Waals surface area contributed by atoms with Crippen molar-refractivity contribution in [3.63, 3.8) is 0 Å². The van der Waals surface area contributed by atoms with Crippen molar-refractivity contribution in [1.82, 2.24) is 5.10 Å². The number of benzene rings is 3. The van der Waals surface area contributed by atoms with Crippen LogP contribution in [0.2, 0.25) is 0 Å². The number of hydrogen-bond acceptors (Lipinski definition) is 4. The second kappa shape index (κ2) is 9.87. The lowest BCUT2D eigenvalue weighted by atomic mass is 10.2. The maximum Gasteiger partial charge on any atom is 0.297 e. The van der Waals surface area contributed by atoms with Crippen molar-refractivity contribution in [2.75, 3.05) is 12.4 Å². The Balaban J connectivity index is 0.00000240. The lowest BCUT2D eigenvalue weighted by molar-refractivity contribution is -0.654. The van der Waals surface area contributed by atoms with Gasteiger partial charge in [0.1, 0.15) is 5.75 Å². The molecule has 0 fully saturated rings. The minimum Gasteiger partial charge on any atom is -1.00 e. The smallest absolute Gasteiger partial charge is 0.297 e. The summed E-state index contributed by atoms with van der Waals surface area (Å²) in [5.41, 5.74) is 3.14. The van der Waals surface area contributed by atoms with Crippen LogP contribution in [0.15, 0.2) is 84.9 Å². The molecule has 4 rings (SSSR count). The van der Waals surface area contributed by atoms with Crippen LogP contribution in [0, 0.1) is 0 Å². The highest BCUT2D eigenvalue weighted by Crippen LogP contribution is 2.22. The molecule has 0 amide bonds. The summed E-state index contributed by atoms with van der Waals surface area (Å²) in [5.74, 6) is 0.851. The molecule has 0 saturated heterocycles. The van der Waals surface area contributed by atoms with E-state index in [9.17, 15) is 0 Å². The van der Waals surface area contributed by atoms with Gasteiger partial charge in [0.2, 0.25) is 5.69 Å². The van der Waals surface area contributed by atoms with Crippen LogP contribution in [0.4, 0.5) is 10.8 Å². The number of hydrogen-bond donors (Lipinski definition) is 1. The van der Waals surface area contributed by atoms with Gasteiger partial charge in [-0.3, -0.25) is 0 Å². The van der Waals surface area contributed by atoms with E-state index in [-0.39, 0.29) is 12.4 Å². The zero-order chi connectivity index (χ0) is 19.2. The Morgan fingerprint density at radius 1 is 0.862 bits per heavy atom. The summed E-state index contributed by atoms with van der Waals surface area (Å²) < 4.78 is 7.18. The van der Waals surface area contributed by atoms with Gasteiger partial charge >= 0.3 is 0 Å². The fraction of sp³-hybridized carbons (Fsp3) is 0.0435. The van der Waals surface area contributed by atoms with Gasteiger partial charge < -0.3 is 22.5 Å². The molecule has 0 aliphatic carbocycles. The number of anilines is 2. The van der Waals surface area contributed by atoms with Crippen LogP contribution in [-0.2, 0) is 0 Å². The Morgan fingerprint density at radius 2 is 1.52 bits per heavy atom. The van der Waals surface area contributed by atoms with Gasteiger partial charge in [0.15, 0.2) is 0 Å². The van der Waals surface area contributed by atoms with Gasteiger partial charge in [0, 0.05) is 29.0 Å². The number of nitrogens with one attached hydrogen (secondary N) is 1. The molecule has 0 radical (unpaired) electrons. The summed E-state index contributed by atoms with van der Waals surface area (Å²) in [6.45, 7) is 0. The van der Waals surface area contributed by atoms with Gasteiger partial charge in [-0.1, -0.05) is 48.5 Å². The fourth-order valence-corrected chi connectivity index (χ4v) is 3.60. The molecule has 1 N–H and O–H groups in total. The number of methoxy groups -OCH3 is 1. The topological polar surface area (TPSA) is 38.0 Å². The summed E-state index contributed by atoms with van der Waals surface area (Å²) in [4.78, 5) is 0. The van der Waals surface area contributed by atoms with Crippen molar-refractivity contribution in [3.05, 3.63) is 95.5 Å². The van der Waals surface area contributed by atoms with Gasteiger partial charge in [0.25, 0.3) is 10.1 Å². The Bertz CT molecular complexity index is 1060. The minimum atomic E-state index is 0. The maximum absolute atomic E-state index is 5.22. The van der Waals surface area contributed by atoms with Gasteiger partial charge in [0.05, 0.1) is 7.11 Å². The number of ether oxygens (including phenoxy) is 1. The second-order valence-corrected chi connectivity index (χ2v) is 7.10. The molecule has 4 nitrogen and oxygen atoms in total. The normalized spacial score (nSPS) is 10.5. The monoisotopic (exact) mass is 421 g/mol. The summed E-state index contributed by atoms with van der Waals surface area (Å²) >= 11 is 1.61. The molecule has 0 saturated carbocycles. The number of halogens is 1. The predicted octanol–water partition coefficient (Wildman–Crippen LogP) is 2.35. The molecule has 1 aromatic heterocycles. The fourth-order valence-electron chi connectivity index (χ4n) is 2.74. The molecule has 146 valence electrons. The first-order valence-corrected chi connectivity index (χ1v) is 9.76. The van der Waals surface area contributed by atoms with Crippen LogP contribution in [-0.4, -0.2) is 12.2 Å². The largest absolute Gasteiger partial charge is 1.00 e. The molecule has 0 unspecified atom stereocenters. The van der Waals surface area contributed by atoms with Crippen molar-refractivity contribution < 1.29 is 21.8 Å². The number of rotatable bonds is 6. The third-order valence-corrected chi connectivity index (χ3v) is 5.06. The molecule has 3 aromatic carbocycles. The van der Waals surface area contributed by atoms with E-state index >= 15 is 0 Å². The highest BCUT2D eigenvalue weighted by Gasteiger charge is 2.20. The highest BCUT2D eigenvalue weighted by molar-refractivity contribution is 7.15. The van der Waals surface area contributed by atoms with E-state index in [1.165, 1.54) is 0 Å². The number of nitrogens with zero attached hydrogens (tertiary/aromatic N) is 2. The van der Waals surface area contributed by atoms with E-state index in [4.69, 9.17) is 9.84 Å². The molecule has 4 aromatic rings. The van der Waals surface area contributed by atoms with Gasteiger partial charge in [-0.2, -0.15) is 0 Å². The molecule has 0 aliphatic heterocycles. The van der Waals surface area contributed by atoms with Crippen LogP contribution in [0.1, 0.15) is 10.6 Å². The Morgan fingerprint density at radius 3 is 2.17 bits per heavy atom. The SMILES string of the molecule is COc1ccc(/C=C/c2sc(Nc3ccccc3)n[n+]2-c2ccccc2)cc1.[Cl-]. The highest BCUT2D eigenvalue weighted by atomic mass is 35.5. The van der Waals surface area contributed by atoms with Crippen LogP contribution >= 0.6 is 11.3 Å². The maximum atomic E-state index is 5.22. The first-order chi connectivity index (χ1) is 13.8. The van der Waals surface area contributed by atoms with Crippen molar-refractivity contribution in [3.8, 4) is 11.4 Å². The molecular weight excluding hydrogens is 402 g/mol. The molecule has 0 bridgehead atoms. The Hall–Kier alpha value is -3.15. The van der Waals surface area contributed by atoms with E-state index in [2.05, 4.69) is 29.6 Å². The van der Waals surface area contributed by atoms with Crippen LogP contribution in [0.25, 0.3) is 17.8 Å². The van der Waals surface area contributed by atoms with Crippen molar-refractivity contribution >= 4 is 34.3 Å². The standard InChI is InChI=1S/C23H20N3OS.ClH/c1-27-21-15-12-18(13-16-21)14-17-22-26(20-10-6-3-7-11-20)25-23(28-22)24-19-8-4-2-5-9-19;/h2-17H,1H3,(H,24,25);1H/q+1;/p-1/b17-14+;. The lowest BCUT2D eigenvalue weighted by Gasteiger charge is -1.98. The molecule has 1 heterocycles. The Kier molecular flexibility index (Phi) is 7.00. The van der Waals surface area contributed by atoms with Crippen LogP contribution in [0.5, 0.6) is 5.75 Å². The zero-order valence-corrected chi connectivity index (χ0v) is 17.4. The predicted molar refractivity (Wildman–Crippen MR) is 115 cm³/mol. The Labute approximate surface area is 180 Å². The lowest BCUT2D eigenvalue weighted by Crippen LogP contribution is -3.00. The summed E-state index contributed by atoms with van der Waals surface area (Å²) in [7, 11) is 1.67.